The molecule has 0 N–H and O–H groups in total. The van der Waals surface area contributed by atoms with E-state index in [1.807, 2.05) is 60.7 Å². The third kappa shape index (κ3) is 5.05. The van der Waals surface area contributed by atoms with Gasteiger partial charge in [-0.05, 0) is 52.9 Å². The minimum atomic E-state index is 0.641. The molecule has 6 heteroatoms. The first-order valence-electron chi connectivity index (χ1n) is 19.5. The summed E-state index contributed by atoms with van der Waals surface area (Å²) in [7, 11) is 0. The number of nitrogens with zero attached hydrogens (tertiary/aromatic N) is 6. The number of imidazole rings is 1. The van der Waals surface area contributed by atoms with Crippen LogP contribution in [0.5, 0.6) is 0 Å². The molecule has 0 radical (unpaired) electrons. The van der Waals surface area contributed by atoms with Crippen LogP contribution in [0.25, 0.3) is 111 Å². The van der Waals surface area contributed by atoms with Crippen molar-refractivity contribution in [3.8, 4) is 51.0 Å². The van der Waals surface area contributed by atoms with Crippen LogP contribution in [0.1, 0.15) is 0 Å². The maximum absolute atomic E-state index is 5.28. The van der Waals surface area contributed by atoms with E-state index in [0.29, 0.717) is 17.5 Å². The van der Waals surface area contributed by atoms with Crippen molar-refractivity contribution in [3.63, 3.8) is 0 Å². The highest BCUT2D eigenvalue weighted by molar-refractivity contribution is 6.17. The predicted octanol–water partition coefficient (Wildman–Crippen LogP) is 12.7. The number of hydrogen-bond acceptors (Lipinski definition) is 4. The van der Waals surface area contributed by atoms with Crippen LogP contribution in [-0.4, -0.2) is 28.9 Å². The fourth-order valence-corrected chi connectivity index (χ4v) is 8.60. The van der Waals surface area contributed by atoms with E-state index >= 15 is 0 Å². The molecule has 58 heavy (non-hydrogen) atoms. The lowest BCUT2D eigenvalue weighted by atomic mass is 10.0. The number of rotatable bonds is 5. The molecule has 0 amide bonds. The molecule has 0 bridgehead atoms. The normalized spacial score (nSPS) is 11.8. The molecule has 0 aliphatic heterocycles. The molecule has 4 heterocycles. The van der Waals surface area contributed by atoms with Crippen molar-refractivity contribution >= 4 is 60.2 Å². The minimum absolute atomic E-state index is 0.641. The molecular weight excluding hydrogens is 709 g/mol. The van der Waals surface area contributed by atoms with Crippen molar-refractivity contribution in [2.24, 2.45) is 0 Å². The van der Waals surface area contributed by atoms with Crippen LogP contribution < -0.4 is 0 Å². The minimum Gasteiger partial charge on any atom is -0.309 e. The van der Waals surface area contributed by atoms with Gasteiger partial charge in [0.1, 0.15) is 5.65 Å². The van der Waals surface area contributed by atoms with Crippen LogP contribution >= 0.6 is 0 Å². The zero-order valence-corrected chi connectivity index (χ0v) is 31.2. The molecule has 0 fully saturated rings. The average molecular weight is 741 g/mol. The highest BCUT2D eigenvalue weighted by Gasteiger charge is 2.19. The SMILES string of the molecule is c1ccc(-c2nc(-c3ccccc3)nc(-c3ccc(-c4ccc(-n5c6ccccc6c6cc7nc8c9ccccc9c9ccccc9n8c7cc65)cc4)cc3)n2)cc1. The first-order chi connectivity index (χ1) is 28.7. The molecule has 0 saturated heterocycles. The van der Waals surface area contributed by atoms with Crippen molar-refractivity contribution in [1.82, 2.24) is 28.9 Å². The third-order valence-corrected chi connectivity index (χ3v) is 11.4. The van der Waals surface area contributed by atoms with E-state index in [1.165, 1.54) is 21.5 Å². The molecular formula is C52H32N6. The van der Waals surface area contributed by atoms with Crippen molar-refractivity contribution in [3.05, 3.63) is 194 Å². The topological polar surface area (TPSA) is 60.9 Å². The van der Waals surface area contributed by atoms with Gasteiger partial charge in [0.15, 0.2) is 17.5 Å². The summed E-state index contributed by atoms with van der Waals surface area (Å²) in [6.45, 7) is 0. The van der Waals surface area contributed by atoms with Gasteiger partial charge in [0.05, 0.1) is 27.6 Å². The molecule has 12 aromatic rings. The third-order valence-electron chi connectivity index (χ3n) is 11.4. The summed E-state index contributed by atoms with van der Waals surface area (Å²) in [5.41, 5.74) is 12.7. The number of fused-ring (bicyclic) bond motifs is 11. The Hall–Kier alpha value is -7.96. The van der Waals surface area contributed by atoms with E-state index in [2.05, 4.69) is 142 Å². The smallest absolute Gasteiger partial charge is 0.164 e. The fraction of sp³-hybridized carbons (Fsp3) is 0. The van der Waals surface area contributed by atoms with E-state index in [4.69, 9.17) is 19.9 Å². The monoisotopic (exact) mass is 740 g/mol. The predicted molar refractivity (Wildman–Crippen MR) is 237 cm³/mol. The number of aromatic nitrogens is 6. The Bertz CT molecular complexity index is 3470. The summed E-state index contributed by atoms with van der Waals surface area (Å²) in [5.74, 6) is 1.94. The lowest BCUT2D eigenvalue weighted by molar-refractivity contribution is 1.07. The number of pyridine rings is 1. The summed E-state index contributed by atoms with van der Waals surface area (Å²) in [6.07, 6.45) is 0. The van der Waals surface area contributed by atoms with Gasteiger partial charge in [0, 0.05) is 43.9 Å². The molecule has 0 atom stereocenters. The van der Waals surface area contributed by atoms with E-state index < -0.39 is 0 Å². The zero-order valence-electron chi connectivity index (χ0n) is 31.2. The van der Waals surface area contributed by atoms with Crippen LogP contribution in [-0.2, 0) is 0 Å². The number of hydrogen-bond donors (Lipinski definition) is 0. The number of para-hydroxylation sites is 2. The van der Waals surface area contributed by atoms with Gasteiger partial charge in [0.25, 0.3) is 0 Å². The molecule has 0 aliphatic rings. The quantitative estimate of drug-likeness (QED) is 0.165. The van der Waals surface area contributed by atoms with Gasteiger partial charge in [0.2, 0.25) is 0 Å². The van der Waals surface area contributed by atoms with Crippen molar-refractivity contribution in [2.75, 3.05) is 0 Å². The van der Waals surface area contributed by atoms with Crippen molar-refractivity contribution in [2.45, 2.75) is 0 Å². The molecule has 12 rings (SSSR count). The summed E-state index contributed by atoms with van der Waals surface area (Å²) in [5, 5.41) is 5.98. The Morgan fingerprint density at radius 2 is 0.759 bits per heavy atom. The van der Waals surface area contributed by atoms with E-state index in [-0.39, 0.29) is 0 Å². The molecule has 270 valence electrons. The highest BCUT2D eigenvalue weighted by Crippen LogP contribution is 2.38. The van der Waals surface area contributed by atoms with Gasteiger partial charge in [-0.25, -0.2) is 19.9 Å². The molecule has 0 unspecified atom stereocenters. The van der Waals surface area contributed by atoms with Crippen LogP contribution in [0.15, 0.2) is 194 Å². The van der Waals surface area contributed by atoms with Gasteiger partial charge in [-0.2, -0.15) is 0 Å². The molecule has 0 spiro atoms. The Labute approximate surface area is 333 Å². The van der Waals surface area contributed by atoms with Crippen LogP contribution in [0.3, 0.4) is 0 Å². The Kier molecular flexibility index (Phi) is 7.13. The van der Waals surface area contributed by atoms with E-state index in [9.17, 15) is 0 Å². The van der Waals surface area contributed by atoms with Gasteiger partial charge < -0.3 is 4.57 Å². The summed E-state index contributed by atoms with van der Waals surface area (Å²) >= 11 is 0. The molecule has 6 nitrogen and oxygen atoms in total. The Morgan fingerprint density at radius 3 is 1.38 bits per heavy atom. The molecule has 4 aromatic heterocycles. The second-order valence-electron chi connectivity index (χ2n) is 14.7. The largest absolute Gasteiger partial charge is 0.309 e. The molecule has 0 saturated carbocycles. The first kappa shape index (κ1) is 32.3. The highest BCUT2D eigenvalue weighted by atomic mass is 15.0. The second-order valence-corrected chi connectivity index (χ2v) is 14.7. The van der Waals surface area contributed by atoms with Gasteiger partial charge >= 0.3 is 0 Å². The number of benzene rings is 8. The van der Waals surface area contributed by atoms with E-state index in [1.54, 1.807) is 0 Å². The van der Waals surface area contributed by atoms with Crippen LogP contribution in [0.2, 0.25) is 0 Å². The Morgan fingerprint density at radius 1 is 0.293 bits per heavy atom. The standard InChI is InChI=1S/C52H32N6/c1-3-13-35(14-4-1)49-54-50(36-15-5-2-6-16-36)56-51(55-49)37-25-23-33(24-26-37)34-27-29-38(30-28-34)57-45-21-11-10-19-41(45)43-31-44-48(32-47(43)57)58-46-22-12-9-18-40(46)39-17-7-8-20-42(39)52(58)53-44/h1-32H. The molecule has 8 aromatic carbocycles. The van der Waals surface area contributed by atoms with Gasteiger partial charge in [-0.15, -0.1) is 0 Å². The average Bonchev–Trinajstić information content (AvgIpc) is 3.84. The second kappa shape index (κ2) is 12.8. The zero-order chi connectivity index (χ0) is 38.2. The van der Waals surface area contributed by atoms with Gasteiger partial charge in [-0.1, -0.05) is 158 Å². The first-order valence-corrected chi connectivity index (χ1v) is 19.5. The summed E-state index contributed by atoms with van der Waals surface area (Å²) in [4.78, 5) is 20.0. The summed E-state index contributed by atoms with van der Waals surface area (Å²) in [6, 6.07) is 68.0. The fourth-order valence-electron chi connectivity index (χ4n) is 8.60. The maximum Gasteiger partial charge on any atom is 0.164 e. The van der Waals surface area contributed by atoms with Crippen LogP contribution in [0, 0.1) is 0 Å². The van der Waals surface area contributed by atoms with Crippen molar-refractivity contribution in [1.29, 1.82) is 0 Å². The molecule has 0 aliphatic carbocycles. The lowest BCUT2D eigenvalue weighted by Crippen LogP contribution is -2.00. The maximum atomic E-state index is 5.28. The lowest BCUT2D eigenvalue weighted by Gasteiger charge is -2.11. The van der Waals surface area contributed by atoms with Gasteiger partial charge in [-0.3, -0.25) is 4.40 Å². The van der Waals surface area contributed by atoms with E-state index in [0.717, 1.165) is 72.1 Å². The summed E-state index contributed by atoms with van der Waals surface area (Å²) < 4.78 is 4.72. The van der Waals surface area contributed by atoms with Crippen LogP contribution in [0.4, 0.5) is 0 Å². The Balaban J connectivity index is 0.955. The van der Waals surface area contributed by atoms with Crippen molar-refractivity contribution < 1.29 is 0 Å².